The summed E-state index contributed by atoms with van der Waals surface area (Å²) in [6, 6.07) is 6.55. The van der Waals surface area contributed by atoms with E-state index in [1.54, 1.807) is 12.1 Å². The second kappa shape index (κ2) is 8.20. The SMILES string of the molecule is C#CCOc1ccc(CNC(C(=O)OC)C(C)O)cc1. The monoisotopic (exact) mass is 277 g/mol. The van der Waals surface area contributed by atoms with Crippen LogP contribution in [0.1, 0.15) is 12.5 Å². The summed E-state index contributed by atoms with van der Waals surface area (Å²) in [5, 5.41) is 12.5. The first kappa shape index (κ1) is 16.0. The number of hydrogen-bond donors (Lipinski definition) is 2. The third kappa shape index (κ3) is 4.92. The summed E-state index contributed by atoms with van der Waals surface area (Å²) in [6.45, 7) is 2.19. The Morgan fingerprint density at radius 3 is 2.60 bits per heavy atom. The van der Waals surface area contributed by atoms with Crippen molar-refractivity contribution in [3.8, 4) is 18.1 Å². The predicted molar refractivity (Wildman–Crippen MR) is 75.1 cm³/mol. The minimum atomic E-state index is -0.833. The molecule has 108 valence electrons. The number of carbonyl (C=O) groups excluding carboxylic acids is 1. The molecule has 5 heteroatoms. The van der Waals surface area contributed by atoms with Crippen molar-refractivity contribution in [3.63, 3.8) is 0 Å². The molecule has 2 N–H and O–H groups in total. The van der Waals surface area contributed by atoms with Crippen molar-refractivity contribution >= 4 is 5.97 Å². The van der Waals surface area contributed by atoms with E-state index in [0.29, 0.717) is 12.3 Å². The van der Waals surface area contributed by atoms with Gasteiger partial charge in [0.15, 0.2) is 0 Å². The molecule has 0 aliphatic carbocycles. The molecule has 2 unspecified atom stereocenters. The number of rotatable bonds is 7. The van der Waals surface area contributed by atoms with E-state index in [4.69, 9.17) is 11.2 Å². The Kier molecular flexibility index (Phi) is 6.57. The summed E-state index contributed by atoms with van der Waals surface area (Å²) in [4.78, 5) is 11.5. The molecule has 1 aromatic rings. The molecule has 0 spiro atoms. The summed E-state index contributed by atoms with van der Waals surface area (Å²) in [5.41, 5.74) is 0.951. The lowest BCUT2D eigenvalue weighted by Gasteiger charge is -2.19. The molecule has 0 heterocycles. The highest BCUT2D eigenvalue weighted by atomic mass is 16.5. The number of terminal acetylenes is 1. The number of esters is 1. The predicted octanol–water partition coefficient (Wildman–Crippen LogP) is 0.711. The first-order valence-corrected chi connectivity index (χ1v) is 6.23. The zero-order valence-corrected chi connectivity index (χ0v) is 11.6. The van der Waals surface area contributed by atoms with Gasteiger partial charge in [-0.2, -0.15) is 0 Å². The number of methoxy groups -OCH3 is 1. The Morgan fingerprint density at radius 1 is 1.45 bits per heavy atom. The lowest BCUT2D eigenvalue weighted by atomic mass is 10.1. The number of hydrogen-bond acceptors (Lipinski definition) is 5. The van der Waals surface area contributed by atoms with Crippen LogP contribution in [0.15, 0.2) is 24.3 Å². The van der Waals surface area contributed by atoms with Crippen molar-refractivity contribution in [1.29, 1.82) is 0 Å². The summed E-state index contributed by atoms with van der Waals surface area (Å²) < 4.78 is 9.88. The van der Waals surface area contributed by atoms with Gasteiger partial charge in [0.2, 0.25) is 0 Å². The maximum atomic E-state index is 11.5. The molecular formula is C15H19NO4. The highest BCUT2D eigenvalue weighted by Gasteiger charge is 2.23. The second-order valence-electron chi connectivity index (χ2n) is 4.26. The number of carbonyl (C=O) groups is 1. The van der Waals surface area contributed by atoms with Gasteiger partial charge >= 0.3 is 5.97 Å². The second-order valence-corrected chi connectivity index (χ2v) is 4.26. The third-order valence-corrected chi connectivity index (χ3v) is 2.71. The van der Waals surface area contributed by atoms with Crippen LogP contribution in [0, 0.1) is 12.3 Å². The van der Waals surface area contributed by atoms with Gasteiger partial charge in [-0.05, 0) is 24.6 Å². The van der Waals surface area contributed by atoms with E-state index in [1.807, 2.05) is 12.1 Å². The van der Waals surface area contributed by atoms with Crippen LogP contribution in [0.2, 0.25) is 0 Å². The number of aliphatic hydroxyl groups excluding tert-OH is 1. The van der Waals surface area contributed by atoms with Gasteiger partial charge in [-0.3, -0.25) is 10.1 Å². The van der Waals surface area contributed by atoms with Crippen LogP contribution >= 0.6 is 0 Å². The van der Waals surface area contributed by atoms with Gasteiger partial charge in [-0.25, -0.2) is 0 Å². The number of benzene rings is 1. The molecule has 1 aromatic carbocycles. The molecule has 1 rings (SSSR count). The van der Waals surface area contributed by atoms with E-state index in [0.717, 1.165) is 5.56 Å². The van der Waals surface area contributed by atoms with Crippen molar-refractivity contribution in [2.45, 2.75) is 25.6 Å². The van der Waals surface area contributed by atoms with E-state index in [-0.39, 0.29) is 6.61 Å². The fourth-order valence-corrected chi connectivity index (χ4v) is 1.63. The topological polar surface area (TPSA) is 67.8 Å². The largest absolute Gasteiger partial charge is 0.481 e. The average Bonchev–Trinajstić information content (AvgIpc) is 2.45. The zero-order valence-electron chi connectivity index (χ0n) is 11.6. The first-order valence-electron chi connectivity index (χ1n) is 6.23. The maximum Gasteiger partial charge on any atom is 0.325 e. The van der Waals surface area contributed by atoms with Crippen molar-refractivity contribution < 1.29 is 19.4 Å². The number of nitrogens with one attached hydrogen (secondary N) is 1. The smallest absolute Gasteiger partial charge is 0.325 e. The first-order chi connectivity index (χ1) is 9.58. The fourth-order valence-electron chi connectivity index (χ4n) is 1.63. The van der Waals surface area contributed by atoms with Crippen LogP contribution in [0.5, 0.6) is 5.75 Å². The van der Waals surface area contributed by atoms with Gasteiger partial charge in [0.05, 0.1) is 13.2 Å². The quantitative estimate of drug-likeness (QED) is 0.567. The van der Waals surface area contributed by atoms with E-state index in [2.05, 4.69) is 16.0 Å². The maximum absolute atomic E-state index is 11.5. The summed E-state index contributed by atoms with van der Waals surface area (Å²) >= 11 is 0. The molecule has 0 saturated heterocycles. The highest BCUT2D eigenvalue weighted by Crippen LogP contribution is 2.12. The van der Waals surface area contributed by atoms with Crippen LogP contribution in [-0.4, -0.2) is 36.9 Å². The molecule has 0 saturated carbocycles. The Labute approximate surface area is 118 Å². The number of aliphatic hydroxyl groups is 1. The van der Waals surface area contributed by atoms with Crippen molar-refractivity contribution in [2.75, 3.05) is 13.7 Å². The van der Waals surface area contributed by atoms with E-state index in [1.165, 1.54) is 14.0 Å². The van der Waals surface area contributed by atoms with Crippen LogP contribution in [0.25, 0.3) is 0 Å². The van der Waals surface area contributed by atoms with E-state index < -0.39 is 18.1 Å². The molecule has 0 amide bonds. The van der Waals surface area contributed by atoms with Crippen molar-refractivity contribution in [2.24, 2.45) is 0 Å². The molecular weight excluding hydrogens is 258 g/mol. The Hall–Kier alpha value is -2.03. The number of ether oxygens (including phenoxy) is 2. The summed E-state index contributed by atoms with van der Waals surface area (Å²) in [7, 11) is 1.29. The fraction of sp³-hybridized carbons (Fsp3) is 0.400. The van der Waals surface area contributed by atoms with Gasteiger partial charge in [-0.15, -0.1) is 6.42 Å². The molecule has 0 aliphatic heterocycles. The molecule has 0 aliphatic rings. The van der Waals surface area contributed by atoms with Crippen LogP contribution in [0.3, 0.4) is 0 Å². The Bertz CT molecular complexity index is 462. The minimum absolute atomic E-state index is 0.226. The van der Waals surface area contributed by atoms with Gasteiger partial charge in [0, 0.05) is 6.54 Å². The molecule has 0 fully saturated rings. The molecule has 0 bridgehead atoms. The van der Waals surface area contributed by atoms with Crippen molar-refractivity contribution in [3.05, 3.63) is 29.8 Å². The minimum Gasteiger partial charge on any atom is -0.481 e. The normalized spacial score (nSPS) is 13.1. The van der Waals surface area contributed by atoms with Crippen molar-refractivity contribution in [1.82, 2.24) is 5.32 Å². The summed E-state index contributed by atoms with van der Waals surface area (Å²) in [6.07, 6.45) is 4.27. The van der Waals surface area contributed by atoms with Gasteiger partial charge in [0.25, 0.3) is 0 Å². The lowest BCUT2D eigenvalue weighted by Crippen LogP contribution is -2.45. The highest BCUT2D eigenvalue weighted by molar-refractivity contribution is 5.76. The van der Waals surface area contributed by atoms with Crippen LogP contribution in [-0.2, 0) is 16.1 Å². The summed E-state index contributed by atoms with van der Waals surface area (Å²) in [5.74, 6) is 2.58. The molecule has 2 atom stereocenters. The van der Waals surface area contributed by atoms with E-state index >= 15 is 0 Å². The molecule has 5 nitrogen and oxygen atoms in total. The van der Waals surface area contributed by atoms with Gasteiger partial charge in [-0.1, -0.05) is 18.1 Å². The molecule has 20 heavy (non-hydrogen) atoms. The van der Waals surface area contributed by atoms with Crippen LogP contribution < -0.4 is 10.1 Å². The Morgan fingerprint density at radius 2 is 2.10 bits per heavy atom. The standard InChI is InChI=1S/C15H19NO4/c1-4-9-20-13-7-5-12(6-8-13)10-16-14(11(2)17)15(18)19-3/h1,5-8,11,14,16-17H,9-10H2,2-3H3. The van der Waals surface area contributed by atoms with Crippen LogP contribution in [0.4, 0.5) is 0 Å². The third-order valence-electron chi connectivity index (χ3n) is 2.71. The Balaban J connectivity index is 2.56. The van der Waals surface area contributed by atoms with E-state index in [9.17, 15) is 9.90 Å². The van der Waals surface area contributed by atoms with Gasteiger partial charge in [0.1, 0.15) is 18.4 Å². The lowest BCUT2D eigenvalue weighted by molar-refractivity contribution is -0.145. The molecule has 0 radical (unpaired) electrons. The molecule has 0 aromatic heterocycles. The zero-order chi connectivity index (χ0) is 15.0. The average molecular weight is 277 g/mol. The van der Waals surface area contributed by atoms with Gasteiger partial charge < -0.3 is 14.6 Å².